The fourth-order valence-electron chi connectivity index (χ4n) is 3.53. The molecule has 0 aliphatic heterocycles. The maximum Gasteiger partial charge on any atom is 0.305 e. The Kier molecular flexibility index (Phi) is 11.4. The van der Waals surface area contributed by atoms with Crippen LogP contribution in [0.5, 0.6) is 0 Å². The summed E-state index contributed by atoms with van der Waals surface area (Å²) in [4.78, 5) is 11.0. The van der Waals surface area contributed by atoms with E-state index in [1.807, 2.05) is 0 Å². The topological polar surface area (TPSA) is 46.5 Å². The third-order valence-electron chi connectivity index (χ3n) is 5.22. The van der Waals surface area contributed by atoms with Crippen LogP contribution in [-0.2, 0) is 9.53 Å². The highest BCUT2D eigenvalue weighted by Crippen LogP contribution is 2.45. The molecule has 0 heterocycles. The number of hydrogen-bond donors (Lipinski definition) is 1. The largest absolute Gasteiger partial charge is 0.469 e. The third kappa shape index (κ3) is 10.8. The van der Waals surface area contributed by atoms with Crippen LogP contribution >= 0.6 is 0 Å². The van der Waals surface area contributed by atoms with Crippen molar-refractivity contribution in [2.24, 2.45) is 11.8 Å². The summed E-state index contributed by atoms with van der Waals surface area (Å²) >= 11 is 0. The molecule has 1 aliphatic rings. The highest BCUT2D eigenvalue weighted by atomic mass is 16.5. The number of ether oxygens (including phenoxy) is 1. The Balaban J connectivity index is 1.86. The number of hydrogen-bond acceptors (Lipinski definition) is 3. The molecule has 1 fully saturated rings. The summed E-state index contributed by atoms with van der Waals surface area (Å²) in [6, 6.07) is 0. The maximum atomic E-state index is 11.0. The van der Waals surface area contributed by atoms with Crippen LogP contribution in [0.25, 0.3) is 0 Å². The van der Waals surface area contributed by atoms with E-state index in [0.717, 1.165) is 37.5 Å². The molecular weight excluding hydrogens is 288 g/mol. The molecule has 3 atom stereocenters. The summed E-state index contributed by atoms with van der Waals surface area (Å²) in [7, 11) is 1.45. The molecule has 136 valence electrons. The predicted molar refractivity (Wildman–Crippen MR) is 95.3 cm³/mol. The van der Waals surface area contributed by atoms with Gasteiger partial charge in [-0.25, -0.2) is 0 Å². The first-order chi connectivity index (χ1) is 11.2. The monoisotopic (exact) mass is 326 g/mol. The van der Waals surface area contributed by atoms with E-state index >= 15 is 0 Å². The van der Waals surface area contributed by atoms with Gasteiger partial charge < -0.3 is 9.84 Å². The van der Waals surface area contributed by atoms with Gasteiger partial charge in [-0.15, -0.1) is 0 Å². The molecule has 0 radical (unpaired) electrons. The lowest BCUT2D eigenvalue weighted by atomic mass is 10.0. The molecule has 0 saturated heterocycles. The quantitative estimate of drug-likeness (QED) is 0.330. The Morgan fingerprint density at radius 3 is 2.48 bits per heavy atom. The first-order valence-corrected chi connectivity index (χ1v) is 9.92. The molecule has 0 aromatic rings. The summed E-state index contributed by atoms with van der Waals surface area (Å²) in [5.41, 5.74) is 0. The molecule has 0 aromatic carbocycles. The smallest absolute Gasteiger partial charge is 0.305 e. The van der Waals surface area contributed by atoms with Crippen LogP contribution < -0.4 is 0 Å². The van der Waals surface area contributed by atoms with Crippen LogP contribution in [0, 0.1) is 11.8 Å². The van der Waals surface area contributed by atoms with Gasteiger partial charge in [-0.05, 0) is 37.5 Å². The second kappa shape index (κ2) is 12.8. The van der Waals surface area contributed by atoms with Crippen LogP contribution in [0.3, 0.4) is 0 Å². The Hall–Kier alpha value is -0.570. The zero-order chi connectivity index (χ0) is 16.9. The van der Waals surface area contributed by atoms with Gasteiger partial charge in [0.05, 0.1) is 13.2 Å². The van der Waals surface area contributed by atoms with Crippen molar-refractivity contribution in [3.05, 3.63) is 0 Å². The van der Waals surface area contributed by atoms with Crippen LogP contribution in [0.2, 0.25) is 0 Å². The molecule has 1 aliphatic carbocycles. The lowest BCUT2D eigenvalue weighted by molar-refractivity contribution is -0.140. The van der Waals surface area contributed by atoms with E-state index in [2.05, 4.69) is 11.7 Å². The molecule has 0 aromatic heterocycles. The molecule has 0 amide bonds. The third-order valence-corrected chi connectivity index (χ3v) is 5.22. The number of aliphatic hydroxyl groups is 1. The number of carbonyl (C=O) groups excluding carboxylic acids is 1. The molecule has 0 spiro atoms. The number of esters is 1. The van der Waals surface area contributed by atoms with E-state index in [-0.39, 0.29) is 12.1 Å². The molecule has 3 nitrogen and oxygen atoms in total. The molecule has 0 bridgehead atoms. The highest BCUT2D eigenvalue weighted by molar-refractivity contribution is 5.68. The second-order valence-electron chi connectivity index (χ2n) is 7.38. The van der Waals surface area contributed by atoms with Gasteiger partial charge in [0.15, 0.2) is 0 Å². The van der Waals surface area contributed by atoms with Crippen LogP contribution in [0.1, 0.15) is 96.8 Å². The maximum absolute atomic E-state index is 11.0. The first-order valence-electron chi connectivity index (χ1n) is 9.92. The average Bonchev–Trinajstić information content (AvgIpc) is 3.28. The van der Waals surface area contributed by atoms with Gasteiger partial charge >= 0.3 is 5.97 Å². The van der Waals surface area contributed by atoms with Crippen molar-refractivity contribution < 1.29 is 14.6 Å². The van der Waals surface area contributed by atoms with Crippen molar-refractivity contribution in [3.8, 4) is 0 Å². The van der Waals surface area contributed by atoms with Gasteiger partial charge in [-0.1, -0.05) is 64.7 Å². The summed E-state index contributed by atoms with van der Waals surface area (Å²) in [6.07, 6.45) is 16.2. The Morgan fingerprint density at radius 2 is 1.74 bits per heavy atom. The molecule has 3 heteroatoms. The molecule has 23 heavy (non-hydrogen) atoms. The van der Waals surface area contributed by atoms with Crippen LogP contribution in [-0.4, -0.2) is 24.3 Å². The van der Waals surface area contributed by atoms with Crippen LogP contribution in [0.4, 0.5) is 0 Å². The van der Waals surface area contributed by atoms with Gasteiger partial charge in [0.25, 0.3) is 0 Å². The molecule has 1 saturated carbocycles. The number of aliphatic hydroxyl groups excluding tert-OH is 1. The molecular formula is C20H38O3. The minimum atomic E-state index is -0.0842. The van der Waals surface area contributed by atoms with Gasteiger partial charge in [-0.3, -0.25) is 4.79 Å². The van der Waals surface area contributed by atoms with Gasteiger partial charge in [0.1, 0.15) is 0 Å². The zero-order valence-electron chi connectivity index (χ0n) is 15.4. The van der Waals surface area contributed by atoms with E-state index in [4.69, 9.17) is 0 Å². The molecule has 1 N–H and O–H groups in total. The Bertz CT molecular complexity index is 303. The summed E-state index contributed by atoms with van der Waals surface area (Å²) < 4.78 is 4.64. The summed E-state index contributed by atoms with van der Waals surface area (Å²) in [5, 5.41) is 10.1. The van der Waals surface area contributed by atoms with Gasteiger partial charge in [0, 0.05) is 6.42 Å². The number of unbranched alkanes of at least 4 members (excludes halogenated alkanes) is 7. The second-order valence-corrected chi connectivity index (χ2v) is 7.38. The average molecular weight is 327 g/mol. The van der Waals surface area contributed by atoms with E-state index < -0.39 is 0 Å². The SMILES string of the molecule is CCCCCC[C@@H](O)C[C@@H]1C[C@@H]1CCCCCCCC(=O)OC. The number of rotatable bonds is 15. The minimum absolute atomic E-state index is 0.0554. The zero-order valence-corrected chi connectivity index (χ0v) is 15.4. The summed E-state index contributed by atoms with van der Waals surface area (Å²) in [6.45, 7) is 2.23. The standard InChI is InChI=1S/C20H38O3/c1-3-4-5-10-13-19(21)16-18-15-17(18)12-9-7-6-8-11-14-20(22)23-2/h17-19,21H,3-16H2,1-2H3/t17-,18-,19+/m0/s1. The molecule has 0 unspecified atom stereocenters. The summed E-state index contributed by atoms with van der Waals surface area (Å²) in [5.74, 6) is 1.60. The van der Waals surface area contributed by atoms with E-state index in [1.54, 1.807) is 0 Å². The van der Waals surface area contributed by atoms with Gasteiger partial charge in [0.2, 0.25) is 0 Å². The van der Waals surface area contributed by atoms with E-state index in [9.17, 15) is 9.90 Å². The lowest BCUT2D eigenvalue weighted by Gasteiger charge is -2.10. The van der Waals surface area contributed by atoms with Crippen molar-refractivity contribution in [1.29, 1.82) is 0 Å². The van der Waals surface area contributed by atoms with Gasteiger partial charge in [-0.2, -0.15) is 0 Å². The van der Waals surface area contributed by atoms with Crippen molar-refractivity contribution >= 4 is 5.97 Å². The normalized spacial score (nSPS) is 21.2. The Morgan fingerprint density at radius 1 is 1.04 bits per heavy atom. The van der Waals surface area contributed by atoms with Crippen LogP contribution in [0.15, 0.2) is 0 Å². The fraction of sp³-hybridized carbons (Fsp3) is 0.950. The number of methoxy groups -OCH3 is 1. The first kappa shape index (κ1) is 20.5. The lowest BCUT2D eigenvalue weighted by Crippen LogP contribution is -2.07. The van der Waals surface area contributed by atoms with Crippen molar-refractivity contribution in [1.82, 2.24) is 0 Å². The minimum Gasteiger partial charge on any atom is -0.469 e. The van der Waals surface area contributed by atoms with E-state index in [1.165, 1.54) is 64.9 Å². The van der Waals surface area contributed by atoms with Crippen molar-refractivity contribution in [2.45, 2.75) is 103 Å². The molecule has 1 rings (SSSR count). The van der Waals surface area contributed by atoms with Crippen molar-refractivity contribution in [2.75, 3.05) is 7.11 Å². The fourth-order valence-corrected chi connectivity index (χ4v) is 3.53. The predicted octanol–water partition coefficient (Wildman–Crippen LogP) is 5.25. The number of carbonyl (C=O) groups is 1. The van der Waals surface area contributed by atoms with Crippen molar-refractivity contribution in [3.63, 3.8) is 0 Å². The highest BCUT2D eigenvalue weighted by Gasteiger charge is 2.37. The Labute approximate surface area is 143 Å². The van der Waals surface area contributed by atoms with E-state index in [0.29, 0.717) is 6.42 Å².